The molecule has 0 N–H and O–H groups in total. The maximum absolute atomic E-state index is 12.3. The van der Waals surface area contributed by atoms with Crippen LogP contribution in [0.3, 0.4) is 0 Å². The van der Waals surface area contributed by atoms with Crippen LogP contribution in [0.5, 0.6) is 5.75 Å². The van der Waals surface area contributed by atoms with Crippen molar-refractivity contribution in [2.75, 3.05) is 7.11 Å². The normalized spacial score (nSPS) is 22.1. The van der Waals surface area contributed by atoms with Gasteiger partial charge < -0.3 is 4.74 Å². The lowest BCUT2D eigenvalue weighted by atomic mass is 9.82. The van der Waals surface area contributed by atoms with Gasteiger partial charge in [-0.05, 0) is 30.5 Å². The molecule has 0 saturated carbocycles. The summed E-state index contributed by atoms with van der Waals surface area (Å²) in [6.45, 7) is 1.94. The van der Waals surface area contributed by atoms with Crippen LogP contribution in [0.4, 0.5) is 0 Å². The van der Waals surface area contributed by atoms with Gasteiger partial charge in [0, 0.05) is 17.4 Å². The fraction of sp³-hybridized carbons (Fsp3) is 0.429. The monoisotopic (exact) mass is 229 g/mol. The number of rotatable bonds is 3. The number of ketones is 1. The summed E-state index contributed by atoms with van der Waals surface area (Å²) in [6.07, 6.45) is 1.78. The summed E-state index contributed by atoms with van der Waals surface area (Å²) in [7, 11) is 1.59. The van der Waals surface area contributed by atoms with E-state index in [-0.39, 0.29) is 5.78 Å². The van der Waals surface area contributed by atoms with Gasteiger partial charge in [-0.15, -0.1) is 0 Å². The second kappa shape index (κ2) is 4.21. The second-order valence-electron chi connectivity index (χ2n) is 4.75. The molecule has 1 aromatic carbocycles. The Balaban J connectivity index is 2.32. The molecule has 0 fully saturated rings. The number of ether oxygens (including phenoxy) is 1. The van der Waals surface area contributed by atoms with Gasteiger partial charge in [-0.2, -0.15) is 5.26 Å². The molecule has 0 aromatic heterocycles. The quantitative estimate of drug-likeness (QED) is 0.800. The number of nitriles is 1. The highest BCUT2D eigenvalue weighted by molar-refractivity contribution is 6.05. The van der Waals surface area contributed by atoms with E-state index in [1.54, 1.807) is 13.2 Å². The standard InChI is InChI=1S/C14H15NO2/c1-14(6-3-7-15)9-10-4-5-11(17-2)8-12(10)13(14)16/h4-5,8H,3,6,9H2,1-2H3/t14-/m0/s1. The average molecular weight is 229 g/mol. The van der Waals surface area contributed by atoms with Gasteiger partial charge in [-0.1, -0.05) is 13.0 Å². The van der Waals surface area contributed by atoms with Crippen LogP contribution in [0.25, 0.3) is 0 Å². The minimum atomic E-state index is -0.412. The Kier molecular flexibility index (Phi) is 2.89. The Bertz CT molecular complexity index is 501. The third-order valence-electron chi connectivity index (χ3n) is 3.48. The van der Waals surface area contributed by atoms with Crippen LogP contribution in [0.15, 0.2) is 18.2 Å². The third kappa shape index (κ3) is 1.91. The van der Waals surface area contributed by atoms with Gasteiger partial charge in [-0.25, -0.2) is 0 Å². The van der Waals surface area contributed by atoms with E-state index in [0.717, 1.165) is 17.5 Å². The fourth-order valence-electron chi connectivity index (χ4n) is 2.41. The van der Waals surface area contributed by atoms with Crippen molar-refractivity contribution in [3.05, 3.63) is 29.3 Å². The highest BCUT2D eigenvalue weighted by atomic mass is 16.5. The lowest BCUT2D eigenvalue weighted by molar-refractivity contribution is 0.0832. The van der Waals surface area contributed by atoms with E-state index in [4.69, 9.17) is 10.00 Å². The van der Waals surface area contributed by atoms with Crippen molar-refractivity contribution in [1.29, 1.82) is 5.26 Å². The van der Waals surface area contributed by atoms with Crippen LogP contribution in [-0.4, -0.2) is 12.9 Å². The number of hydrogen-bond acceptors (Lipinski definition) is 3. The van der Waals surface area contributed by atoms with Crippen molar-refractivity contribution in [3.63, 3.8) is 0 Å². The first-order chi connectivity index (χ1) is 8.10. The summed E-state index contributed by atoms with van der Waals surface area (Å²) in [4.78, 5) is 12.3. The lowest BCUT2D eigenvalue weighted by Gasteiger charge is -2.19. The van der Waals surface area contributed by atoms with E-state index >= 15 is 0 Å². The summed E-state index contributed by atoms with van der Waals surface area (Å²) >= 11 is 0. The highest BCUT2D eigenvalue weighted by Crippen LogP contribution is 2.41. The molecule has 0 bridgehead atoms. The molecule has 1 aliphatic rings. The van der Waals surface area contributed by atoms with Gasteiger partial charge >= 0.3 is 0 Å². The van der Waals surface area contributed by atoms with E-state index in [1.807, 2.05) is 19.1 Å². The predicted molar refractivity (Wildman–Crippen MR) is 64.0 cm³/mol. The second-order valence-corrected chi connectivity index (χ2v) is 4.75. The Labute approximate surface area is 101 Å². The molecular weight excluding hydrogens is 214 g/mol. The molecular formula is C14H15NO2. The molecule has 3 nitrogen and oxygen atoms in total. The molecule has 0 spiro atoms. The molecule has 0 saturated heterocycles. The fourth-order valence-corrected chi connectivity index (χ4v) is 2.41. The molecule has 1 atom stereocenters. The summed E-state index contributed by atoms with van der Waals surface area (Å²) in [5.74, 6) is 0.850. The summed E-state index contributed by atoms with van der Waals surface area (Å²) < 4.78 is 5.13. The Morgan fingerprint density at radius 3 is 2.94 bits per heavy atom. The van der Waals surface area contributed by atoms with Crippen molar-refractivity contribution < 1.29 is 9.53 Å². The molecule has 0 amide bonds. The van der Waals surface area contributed by atoms with Crippen molar-refractivity contribution in [2.24, 2.45) is 5.41 Å². The van der Waals surface area contributed by atoms with Crippen molar-refractivity contribution in [3.8, 4) is 11.8 Å². The summed E-state index contributed by atoms with van der Waals surface area (Å²) in [5, 5.41) is 8.65. The Hall–Kier alpha value is -1.82. The maximum atomic E-state index is 12.3. The zero-order valence-electron chi connectivity index (χ0n) is 10.1. The van der Waals surface area contributed by atoms with Gasteiger partial charge in [0.25, 0.3) is 0 Å². The highest BCUT2D eigenvalue weighted by Gasteiger charge is 2.41. The first kappa shape index (κ1) is 11.7. The number of benzene rings is 1. The number of Topliss-reactive ketones (excluding diaryl/α,β-unsaturated/α-hetero) is 1. The lowest BCUT2D eigenvalue weighted by Crippen LogP contribution is -2.23. The number of methoxy groups -OCH3 is 1. The van der Waals surface area contributed by atoms with Crippen LogP contribution in [0.2, 0.25) is 0 Å². The smallest absolute Gasteiger partial charge is 0.169 e. The summed E-state index contributed by atoms with van der Waals surface area (Å²) in [6, 6.07) is 7.74. The van der Waals surface area contributed by atoms with Gasteiger partial charge in [0.15, 0.2) is 5.78 Å². The Morgan fingerprint density at radius 2 is 2.29 bits per heavy atom. The maximum Gasteiger partial charge on any atom is 0.169 e. The number of hydrogen-bond donors (Lipinski definition) is 0. The van der Waals surface area contributed by atoms with E-state index in [2.05, 4.69) is 6.07 Å². The zero-order valence-corrected chi connectivity index (χ0v) is 10.1. The van der Waals surface area contributed by atoms with Crippen molar-refractivity contribution >= 4 is 5.78 Å². The molecule has 17 heavy (non-hydrogen) atoms. The zero-order chi connectivity index (χ0) is 12.5. The van der Waals surface area contributed by atoms with Crippen molar-refractivity contribution in [2.45, 2.75) is 26.2 Å². The third-order valence-corrected chi connectivity index (χ3v) is 3.48. The molecule has 3 heteroatoms. The van der Waals surface area contributed by atoms with Crippen LogP contribution in [0.1, 0.15) is 35.7 Å². The molecule has 1 aromatic rings. The van der Waals surface area contributed by atoms with Crippen LogP contribution in [-0.2, 0) is 6.42 Å². The van der Waals surface area contributed by atoms with Crippen LogP contribution < -0.4 is 4.74 Å². The van der Waals surface area contributed by atoms with Gasteiger partial charge in [0.1, 0.15) is 5.75 Å². The van der Waals surface area contributed by atoms with Crippen molar-refractivity contribution in [1.82, 2.24) is 0 Å². The Morgan fingerprint density at radius 1 is 1.53 bits per heavy atom. The number of carbonyl (C=O) groups excluding carboxylic acids is 1. The SMILES string of the molecule is COc1ccc2c(c1)C(=O)[C@@](C)(CCC#N)C2. The minimum Gasteiger partial charge on any atom is -0.497 e. The molecule has 0 unspecified atom stereocenters. The molecule has 1 aliphatic carbocycles. The minimum absolute atomic E-state index is 0.140. The molecule has 88 valence electrons. The van der Waals surface area contributed by atoms with E-state index in [0.29, 0.717) is 18.6 Å². The van der Waals surface area contributed by atoms with E-state index < -0.39 is 5.41 Å². The average Bonchev–Trinajstić information content (AvgIpc) is 2.59. The number of fused-ring (bicyclic) bond motifs is 1. The topological polar surface area (TPSA) is 50.1 Å². The molecule has 0 aliphatic heterocycles. The van der Waals surface area contributed by atoms with E-state index in [9.17, 15) is 4.79 Å². The van der Waals surface area contributed by atoms with E-state index in [1.165, 1.54) is 0 Å². The molecule has 0 heterocycles. The largest absolute Gasteiger partial charge is 0.497 e. The first-order valence-electron chi connectivity index (χ1n) is 5.69. The number of nitrogens with zero attached hydrogens (tertiary/aromatic N) is 1. The molecule has 0 radical (unpaired) electrons. The molecule has 2 rings (SSSR count). The van der Waals surface area contributed by atoms with Gasteiger partial charge in [0.05, 0.1) is 13.2 Å². The van der Waals surface area contributed by atoms with Crippen LogP contribution >= 0.6 is 0 Å². The first-order valence-corrected chi connectivity index (χ1v) is 5.69. The summed E-state index contributed by atoms with van der Waals surface area (Å²) in [5.41, 5.74) is 1.41. The van der Waals surface area contributed by atoms with Gasteiger partial charge in [-0.3, -0.25) is 4.79 Å². The number of carbonyl (C=O) groups is 1. The van der Waals surface area contributed by atoms with Crippen LogP contribution in [0, 0.1) is 16.7 Å². The predicted octanol–water partition coefficient (Wildman–Crippen LogP) is 2.74. The van der Waals surface area contributed by atoms with Gasteiger partial charge in [0.2, 0.25) is 0 Å².